The lowest BCUT2D eigenvalue weighted by atomic mass is 10.2. The molecular formula is C7H14O2. The molecule has 0 atom stereocenters. The number of rotatable bonds is 0. The van der Waals surface area contributed by atoms with Crippen molar-refractivity contribution in [3.8, 4) is 0 Å². The van der Waals surface area contributed by atoms with E-state index in [2.05, 4.69) is 4.74 Å². The average molecular weight is 130 g/mol. The van der Waals surface area contributed by atoms with Gasteiger partial charge in [0.1, 0.15) is 0 Å². The minimum Gasteiger partial charge on any atom is -0.381 e. The summed E-state index contributed by atoms with van der Waals surface area (Å²) in [5.41, 5.74) is 0. The van der Waals surface area contributed by atoms with Crippen LogP contribution < -0.4 is 0 Å². The number of epoxide rings is 1. The molecule has 2 heteroatoms. The van der Waals surface area contributed by atoms with E-state index < -0.39 is 0 Å². The largest absolute Gasteiger partial charge is 0.381 e. The van der Waals surface area contributed by atoms with Crippen LogP contribution in [-0.4, -0.2) is 26.4 Å². The number of ether oxygens (including phenoxy) is 2. The minimum absolute atomic E-state index is 1.00. The summed E-state index contributed by atoms with van der Waals surface area (Å²) in [4.78, 5) is 0. The first kappa shape index (κ1) is 7.03. The van der Waals surface area contributed by atoms with Gasteiger partial charge in [-0.15, -0.1) is 0 Å². The Labute approximate surface area is 56.2 Å². The molecule has 54 valence electrons. The zero-order valence-electron chi connectivity index (χ0n) is 5.77. The molecule has 0 aliphatic carbocycles. The van der Waals surface area contributed by atoms with Crippen molar-refractivity contribution >= 4 is 0 Å². The maximum Gasteiger partial charge on any atom is 0.0701 e. The summed E-state index contributed by atoms with van der Waals surface area (Å²) >= 11 is 0. The van der Waals surface area contributed by atoms with Crippen LogP contribution in [0, 0.1) is 0 Å². The van der Waals surface area contributed by atoms with E-state index in [9.17, 15) is 0 Å². The van der Waals surface area contributed by atoms with Crippen LogP contribution in [0.15, 0.2) is 0 Å². The van der Waals surface area contributed by atoms with Gasteiger partial charge in [0.2, 0.25) is 0 Å². The van der Waals surface area contributed by atoms with Gasteiger partial charge >= 0.3 is 0 Å². The molecule has 0 aromatic rings. The molecule has 0 saturated carbocycles. The molecule has 2 rings (SSSR count). The molecule has 2 aliphatic heterocycles. The van der Waals surface area contributed by atoms with Crippen LogP contribution in [0.25, 0.3) is 0 Å². The maximum absolute atomic E-state index is 5.07. The van der Waals surface area contributed by atoms with Crippen LogP contribution in [0.3, 0.4) is 0 Å². The molecule has 0 N–H and O–H groups in total. The Bertz CT molecular complexity index is 43.7. The lowest BCUT2D eigenvalue weighted by molar-refractivity contribution is 0.0968. The smallest absolute Gasteiger partial charge is 0.0701 e. The number of hydrogen-bond donors (Lipinski definition) is 0. The second-order valence-corrected chi connectivity index (χ2v) is 2.29. The Morgan fingerprint density at radius 1 is 0.556 bits per heavy atom. The fourth-order valence-corrected chi connectivity index (χ4v) is 0.687. The molecule has 9 heavy (non-hydrogen) atoms. The quantitative estimate of drug-likeness (QED) is 0.460. The van der Waals surface area contributed by atoms with Gasteiger partial charge in [0.05, 0.1) is 13.2 Å². The second-order valence-electron chi connectivity index (χ2n) is 2.29. The highest BCUT2D eigenvalue weighted by Gasteiger charge is 1.95. The highest BCUT2D eigenvalue weighted by molar-refractivity contribution is 4.45. The van der Waals surface area contributed by atoms with Gasteiger partial charge in [0.25, 0.3) is 0 Å². The minimum atomic E-state index is 1.00. The summed E-state index contributed by atoms with van der Waals surface area (Å²) in [5.74, 6) is 0. The highest BCUT2D eigenvalue weighted by atomic mass is 16.6. The predicted molar refractivity (Wildman–Crippen MR) is 35.5 cm³/mol. The number of hydrogen-bond acceptors (Lipinski definition) is 2. The van der Waals surface area contributed by atoms with E-state index in [1.807, 2.05) is 0 Å². The van der Waals surface area contributed by atoms with Crippen molar-refractivity contribution in [3.63, 3.8) is 0 Å². The van der Waals surface area contributed by atoms with Gasteiger partial charge in [-0.05, 0) is 19.3 Å². The van der Waals surface area contributed by atoms with Crippen LogP contribution in [0.4, 0.5) is 0 Å². The molecule has 2 heterocycles. The van der Waals surface area contributed by atoms with Gasteiger partial charge in [-0.25, -0.2) is 0 Å². The van der Waals surface area contributed by atoms with Crippen molar-refractivity contribution in [3.05, 3.63) is 0 Å². The Balaban J connectivity index is 0.000000112. The highest BCUT2D eigenvalue weighted by Crippen LogP contribution is 2.02. The van der Waals surface area contributed by atoms with E-state index in [0.717, 1.165) is 26.4 Å². The van der Waals surface area contributed by atoms with Gasteiger partial charge in [-0.2, -0.15) is 0 Å². The normalized spacial score (nSPS) is 24.0. The predicted octanol–water partition coefficient (Wildman–Crippen LogP) is 1.20. The molecule has 2 nitrogen and oxygen atoms in total. The van der Waals surface area contributed by atoms with E-state index >= 15 is 0 Å². The first-order valence-electron chi connectivity index (χ1n) is 3.65. The molecule has 0 aromatic heterocycles. The van der Waals surface area contributed by atoms with E-state index in [1.165, 1.54) is 19.3 Å². The molecule has 0 spiro atoms. The third-order valence-corrected chi connectivity index (χ3v) is 1.28. The molecule has 2 fully saturated rings. The zero-order chi connectivity index (χ0) is 6.36. The van der Waals surface area contributed by atoms with Crippen LogP contribution in [0.2, 0.25) is 0 Å². The molecule has 0 radical (unpaired) electrons. The van der Waals surface area contributed by atoms with Gasteiger partial charge in [0.15, 0.2) is 0 Å². The van der Waals surface area contributed by atoms with E-state index in [1.54, 1.807) is 0 Å². The molecular weight excluding hydrogens is 116 g/mol. The topological polar surface area (TPSA) is 21.8 Å². The van der Waals surface area contributed by atoms with Crippen molar-refractivity contribution in [2.75, 3.05) is 26.4 Å². The SMILES string of the molecule is C1CCOCC1.C1CO1. The summed E-state index contributed by atoms with van der Waals surface area (Å²) in [7, 11) is 0. The fourth-order valence-electron chi connectivity index (χ4n) is 0.687. The summed E-state index contributed by atoms with van der Waals surface area (Å²) < 4.78 is 9.57. The summed E-state index contributed by atoms with van der Waals surface area (Å²) in [6.45, 7) is 4.00. The maximum atomic E-state index is 5.07. The molecule has 2 saturated heterocycles. The van der Waals surface area contributed by atoms with Gasteiger partial charge in [0, 0.05) is 13.2 Å². The third-order valence-electron chi connectivity index (χ3n) is 1.28. The van der Waals surface area contributed by atoms with Crippen LogP contribution in [-0.2, 0) is 9.47 Å². The van der Waals surface area contributed by atoms with Crippen molar-refractivity contribution in [1.82, 2.24) is 0 Å². The van der Waals surface area contributed by atoms with Crippen molar-refractivity contribution < 1.29 is 9.47 Å². The van der Waals surface area contributed by atoms with E-state index in [0.29, 0.717) is 0 Å². The summed E-state index contributed by atoms with van der Waals surface area (Å²) in [6, 6.07) is 0. The summed E-state index contributed by atoms with van der Waals surface area (Å²) in [5, 5.41) is 0. The average Bonchev–Trinajstić information content (AvgIpc) is 2.76. The monoisotopic (exact) mass is 130 g/mol. The fraction of sp³-hybridized carbons (Fsp3) is 1.00. The molecule has 0 bridgehead atoms. The van der Waals surface area contributed by atoms with Crippen LogP contribution in [0.1, 0.15) is 19.3 Å². The standard InChI is InChI=1S/C5H10O.C2H4O/c1-2-4-6-5-3-1;1-2-3-1/h1-5H2;1-2H2. The van der Waals surface area contributed by atoms with E-state index in [-0.39, 0.29) is 0 Å². The first-order valence-corrected chi connectivity index (χ1v) is 3.65. The molecule has 0 amide bonds. The molecule has 0 unspecified atom stereocenters. The Morgan fingerprint density at radius 2 is 1.11 bits per heavy atom. The lowest BCUT2D eigenvalue weighted by Crippen LogP contribution is -2.03. The molecule has 2 aliphatic rings. The third kappa shape index (κ3) is 5.80. The van der Waals surface area contributed by atoms with Crippen molar-refractivity contribution in [2.45, 2.75) is 19.3 Å². The van der Waals surface area contributed by atoms with Gasteiger partial charge in [-0.1, -0.05) is 0 Å². The zero-order valence-corrected chi connectivity index (χ0v) is 5.77. The van der Waals surface area contributed by atoms with Gasteiger partial charge < -0.3 is 9.47 Å². The summed E-state index contributed by atoms with van der Waals surface area (Å²) in [6.07, 6.45) is 3.93. The van der Waals surface area contributed by atoms with Gasteiger partial charge in [-0.3, -0.25) is 0 Å². The lowest BCUT2D eigenvalue weighted by Gasteiger charge is -2.08. The van der Waals surface area contributed by atoms with Crippen molar-refractivity contribution in [1.29, 1.82) is 0 Å². The Hall–Kier alpha value is -0.0800. The van der Waals surface area contributed by atoms with E-state index in [4.69, 9.17) is 4.74 Å². The van der Waals surface area contributed by atoms with Crippen molar-refractivity contribution in [2.24, 2.45) is 0 Å². The van der Waals surface area contributed by atoms with Crippen LogP contribution >= 0.6 is 0 Å². The second kappa shape index (κ2) is 4.77. The Morgan fingerprint density at radius 3 is 1.22 bits per heavy atom. The van der Waals surface area contributed by atoms with Crippen LogP contribution in [0.5, 0.6) is 0 Å². The Kier molecular flexibility index (Phi) is 3.72. The molecule has 0 aromatic carbocycles. The first-order chi connectivity index (χ1) is 4.50.